The fourth-order valence-electron chi connectivity index (χ4n) is 0.686. The zero-order chi connectivity index (χ0) is 8.27. The molecule has 0 saturated heterocycles. The summed E-state index contributed by atoms with van der Waals surface area (Å²) in [6.45, 7) is 3.60. The molecule has 0 aliphatic heterocycles. The highest BCUT2D eigenvalue weighted by Crippen LogP contribution is 2.13. The van der Waals surface area contributed by atoms with Crippen molar-refractivity contribution in [3.05, 3.63) is 28.4 Å². The predicted octanol–water partition coefficient (Wildman–Crippen LogP) is 2.32. The molecule has 12 heavy (non-hydrogen) atoms. The predicted molar refractivity (Wildman–Crippen MR) is 56.0 cm³/mol. The van der Waals surface area contributed by atoms with Crippen LogP contribution in [-0.4, -0.2) is 4.98 Å². The van der Waals surface area contributed by atoms with E-state index in [1.807, 2.05) is 5.38 Å². The molecule has 0 unspecified atom stereocenters. The molecule has 68 valence electrons. The highest BCUT2D eigenvalue weighted by atomic mass is 35.5. The number of halogens is 2. The van der Waals surface area contributed by atoms with Gasteiger partial charge in [-0.25, -0.2) is 4.98 Å². The lowest BCUT2D eigenvalue weighted by atomic mass is 10.4. The van der Waals surface area contributed by atoms with E-state index in [1.165, 1.54) is 0 Å². The molecule has 0 aliphatic carbocycles. The number of allylic oxidation sites excluding steroid dienone is 1. The Morgan fingerprint density at radius 3 is 2.83 bits per heavy atom. The normalized spacial score (nSPS) is 9.08. The maximum atomic E-state index is 5.57. The third-order valence-corrected chi connectivity index (χ3v) is 2.29. The van der Waals surface area contributed by atoms with Crippen molar-refractivity contribution in [1.29, 1.82) is 0 Å². The van der Waals surface area contributed by atoms with Crippen LogP contribution in [0.25, 0.3) is 0 Å². The summed E-state index contributed by atoms with van der Waals surface area (Å²) in [6.07, 6.45) is 0.654. The first-order valence-electron chi connectivity index (χ1n) is 3.15. The van der Waals surface area contributed by atoms with Crippen LogP contribution in [0, 0.1) is 0 Å². The highest BCUT2D eigenvalue weighted by Gasteiger charge is 2.00. The van der Waals surface area contributed by atoms with Crippen molar-refractivity contribution in [3.63, 3.8) is 0 Å². The van der Waals surface area contributed by atoms with Gasteiger partial charge >= 0.3 is 0 Å². The van der Waals surface area contributed by atoms with Crippen LogP contribution in [0.15, 0.2) is 17.7 Å². The molecule has 0 fully saturated rings. The van der Waals surface area contributed by atoms with Gasteiger partial charge < -0.3 is 5.73 Å². The molecule has 0 atom stereocenters. The Morgan fingerprint density at radius 1 is 1.75 bits per heavy atom. The first kappa shape index (κ1) is 11.8. The number of nitrogens with two attached hydrogens (primary N) is 1. The molecule has 0 saturated carbocycles. The lowest BCUT2D eigenvalue weighted by molar-refractivity contribution is 1.06. The first-order chi connectivity index (χ1) is 5.22. The van der Waals surface area contributed by atoms with Gasteiger partial charge in [-0.15, -0.1) is 35.3 Å². The van der Waals surface area contributed by atoms with Gasteiger partial charge in [-0.1, -0.05) is 6.58 Å². The van der Waals surface area contributed by atoms with E-state index in [2.05, 4.69) is 11.6 Å². The molecule has 1 heterocycles. The Balaban J connectivity index is 0.00000121. The Bertz CT molecular complexity index is 260. The fourth-order valence-corrected chi connectivity index (χ4v) is 1.76. The van der Waals surface area contributed by atoms with Crippen molar-refractivity contribution in [2.75, 3.05) is 0 Å². The third-order valence-electron chi connectivity index (χ3n) is 1.11. The number of hydrogen-bond donors (Lipinski definition) is 1. The zero-order valence-corrected chi connectivity index (χ0v) is 8.81. The molecule has 0 aliphatic rings. The van der Waals surface area contributed by atoms with Gasteiger partial charge in [-0.3, -0.25) is 0 Å². The first-order valence-corrected chi connectivity index (χ1v) is 4.56. The summed E-state index contributed by atoms with van der Waals surface area (Å²) in [4.78, 5) is 4.21. The second-order valence-electron chi connectivity index (χ2n) is 2.20. The van der Waals surface area contributed by atoms with Gasteiger partial charge in [-0.05, 0) is 0 Å². The van der Waals surface area contributed by atoms with E-state index in [1.54, 1.807) is 11.3 Å². The lowest BCUT2D eigenvalue weighted by Crippen LogP contribution is -1.98. The van der Waals surface area contributed by atoms with Crippen molar-refractivity contribution in [3.8, 4) is 0 Å². The van der Waals surface area contributed by atoms with Crippen LogP contribution in [0.3, 0.4) is 0 Å². The van der Waals surface area contributed by atoms with Crippen molar-refractivity contribution in [1.82, 2.24) is 4.98 Å². The summed E-state index contributed by atoms with van der Waals surface area (Å²) < 4.78 is 0. The molecule has 1 aromatic heterocycles. The topological polar surface area (TPSA) is 38.9 Å². The maximum absolute atomic E-state index is 5.57. The van der Waals surface area contributed by atoms with Gasteiger partial charge in [0.1, 0.15) is 0 Å². The second kappa shape index (κ2) is 5.41. The SMILES string of the molecule is C=C(N)Cc1nc(CCl)cs1.Cl. The Hall–Kier alpha value is -0.250. The van der Waals surface area contributed by atoms with Crippen molar-refractivity contribution < 1.29 is 0 Å². The summed E-state index contributed by atoms with van der Waals surface area (Å²) in [5.74, 6) is 0.466. The number of rotatable bonds is 3. The summed E-state index contributed by atoms with van der Waals surface area (Å²) >= 11 is 7.13. The number of thiazole rings is 1. The van der Waals surface area contributed by atoms with Gasteiger partial charge in [0, 0.05) is 17.5 Å². The van der Waals surface area contributed by atoms with Crippen LogP contribution in [0.5, 0.6) is 0 Å². The number of alkyl halides is 1. The van der Waals surface area contributed by atoms with E-state index in [-0.39, 0.29) is 12.4 Å². The second-order valence-corrected chi connectivity index (χ2v) is 3.41. The lowest BCUT2D eigenvalue weighted by Gasteiger charge is -1.91. The number of aromatic nitrogens is 1. The van der Waals surface area contributed by atoms with Crippen LogP contribution in [0.4, 0.5) is 0 Å². The van der Waals surface area contributed by atoms with Crippen molar-refractivity contribution >= 4 is 35.3 Å². The molecular weight excluding hydrogens is 215 g/mol. The molecule has 2 nitrogen and oxygen atoms in total. The summed E-state index contributed by atoms with van der Waals surface area (Å²) in [5, 5.41) is 2.92. The van der Waals surface area contributed by atoms with E-state index in [0.29, 0.717) is 18.0 Å². The molecule has 1 rings (SSSR count). The molecule has 0 radical (unpaired) electrons. The van der Waals surface area contributed by atoms with Gasteiger partial charge in [0.2, 0.25) is 0 Å². The van der Waals surface area contributed by atoms with E-state index in [0.717, 1.165) is 10.7 Å². The molecule has 1 aromatic rings. The molecular formula is C7H10Cl2N2S. The Kier molecular flexibility index (Phi) is 5.29. The minimum atomic E-state index is 0. The highest BCUT2D eigenvalue weighted by molar-refractivity contribution is 7.09. The smallest absolute Gasteiger partial charge is 0.0987 e. The minimum absolute atomic E-state index is 0. The summed E-state index contributed by atoms with van der Waals surface area (Å²) in [7, 11) is 0. The van der Waals surface area contributed by atoms with Gasteiger partial charge in [0.15, 0.2) is 0 Å². The van der Waals surface area contributed by atoms with Crippen LogP contribution >= 0.6 is 35.3 Å². The summed E-state index contributed by atoms with van der Waals surface area (Å²) in [5.41, 5.74) is 6.96. The summed E-state index contributed by atoms with van der Waals surface area (Å²) in [6, 6.07) is 0. The maximum Gasteiger partial charge on any atom is 0.0987 e. The largest absolute Gasteiger partial charge is 0.402 e. The molecule has 5 heteroatoms. The average Bonchev–Trinajstić information content (AvgIpc) is 2.34. The standard InChI is InChI=1S/C7H9ClN2S.ClH/c1-5(9)2-7-10-6(3-8)4-11-7;/h4H,1-3,9H2;1H. The van der Waals surface area contributed by atoms with Crippen molar-refractivity contribution in [2.45, 2.75) is 12.3 Å². The van der Waals surface area contributed by atoms with E-state index < -0.39 is 0 Å². The molecule has 2 N–H and O–H groups in total. The van der Waals surface area contributed by atoms with Crippen LogP contribution in [-0.2, 0) is 12.3 Å². The van der Waals surface area contributed by atoms with E-state index >= 15 is 0 Å². The van der Waals surface area contributed by atoms with Crippen LogP contribution in [0.1, 0.15) is 10.7 Å². The van der Waals surface area contributed by atoms with Crippen LogP contribution < -0.4 is 5.73 Å². The number of hydrogen-bond acceptors (Lipinski definition) is 3. The van der Waals surface area contributed by atoms with Crippen molar-refractivity contribution in [2.24, 2.45) is 5.73 Å². The molecule has 0 amide bonds. The Morgan fingerprint density at radius 2 is 2.42 bits per heavy atom. The minimum Gasteiger partial charge on any atom is -0.402 e. The monoisotopic (exact) mass is 224 g/mol. The number of nitrogens with zero attached hydrogens (tertiary/aromatic N) is 1. The fraction of sp³-hybridized carbons (Fsp3) is 0.286. The Labute approximate surface area is 86.9 Å². The van der Waals surface area contributed by atoms with E-state index in [9.17, 15) is 0 Å². The molecule has 0 spiro atoms. The third kappa shape index (κ3) is 3.43. The molecule has 0 bridgehead atoms. The van der Waals surface area contributed by atoms with Gasteiger partial charge in [0.25, 0.3) is 0 Å². The van der Waals surface area contributed by atoms with Gasteiger partial charge in [0.05, 0.1) is 16.6 Å². The zero-order valence-electron chi connectivity index (χ0n) is 6.42. The quantitative estimate of drug-likeness (QED) is 0.801. The molecule has 0 aromatic carbocycles. The van der Waals surface area contributed by atoms with E-state index in [4.69, 9.17) is 17.3 Å². The van der Waals surface area contributed by atoms with Crippen LogP contribution in [0.2, 0.25) is 0 Å². The average molecular weight is 225 g/mol. The van der Waals surface area contributed by atoms with Gasteiger partial charge in [-0.2, -0.15) is 0 Å².